The molecule has 102 valence electrons. The summed E-state index contributed by atoms with van der Waals surface area (Å²) in [7, 11) is 0. The van der Waals surface area contributed by atoms with Gasteiger partial charge in [0.1, 0.15) is 6.54 Å². The fraction of sp³-hybridized carbons (Fsp3) is 0.385. The summed E-state index contributed by atoms with van der Waals surface area (Å²) >= 11 is 7.64. The van der Waals surface area contributed by atoms with Crippen molar-refractivity contribution in [2.24, 2.45) is 0 Å². The maximum atomic E-state index is 11.9. The largest absolute Gasteiger partial charge is 0.323 e. The standard InChI is InChI=1S/C13H15ClN2O2S/c1-8-3-9(2)13(10(14)4-8)15-11(17)5-16-7-19-6-12(16)18/h3-4H,5-7H2,1-2H3,(H,15,17). The molecular weight excluding hydrogens is 284 g/mol. The molecule has 0 saturated carbocycles. The fourth-order valence-corrected chi connectivity index (χ4v) is 3.24. The van der Waals surface area contributed by atoms with Gasteiger partial charge in [0.15, 0.2) is 0 Å². The average Bonchev–Trinajstić information content (AvgIpc) is 2.69. The molecule has 1 aromatic carbocycles. The van der Waals surface area contributed by atoms with Crippen molar-refractivity contribution >= 4 is 40.9 Å². The number of benzene rings is 1. The number of nitrogens with one attached hydrogen (secondary N) is 1. The Morgan fingerprint density at radius 3 is 2.79 bits per heavy atom. The topological polar surface area (TPSA) is 49.4 Å². The molecule has 0 bridgehead atoms. The van der Waals surface area contributed by atoms with Gasteiger partial charge in [-0.15, -0.1) is 11.8 Å². The van der Waals surface area contributed by atoms with E-state index in [1.165, 1.54) is 16.7 Å². The van der Waals surface area contributed by atoms with Gasteiger partial charge in [-0.3, -0.25) is 9.59 Å². The highest BCUT2D eigenvalue weighted by molar-refractivity contribution is 8.00. The Labute approximate surface area is 121 Å². The van der Waals surface area contributed by atoms with Gasteiger partial charge in [0, 0.05) is 0 Å². The van der Waals surface area contributed by atoms with Crippen LogP contribution in [0.15, 0.2) is 12.1 Å². The van der Waals surface area contributed by atoms with Crippen LogP contribution in [0.1, 0.15) is 11.1 Å². The molecule has 1 aliphatic rings. The van der Waals surface area contributed by atoms with Crippen molar-refractivity contribution in [3.05, 3.63) is 28.3 Å². The van der Waals surface area contributed by atoms with Crippen molar-refractivity contribution in [1.82, 2.24) is 4.90 Å². The third-order valence-electron chi connectivity index (χ3n) is 2.86. The first-order valence-electron chi connectivity index (χ1n) is 5.89. The summed E-state index contributed by atoms with van der Waals surface area (Å²) in [6, 6.07) is 3.76. The van der Waals surface area contributed by atoms with Gasteiger partial charge < -0.3 is 10.2 Å². The molecule has 6 heteroatoms. The maximum absolute atomic E-state index is 11.9. The number of aryl methyl sites for hydroxylation is 2. The zero-order valence-electron chi connectivity index (χ0n) is 10.8. The SMILES string of the molecule is Cc1cc(C)c(NC(=O)CN2CSCC2=O)c(Cl)c1. The molecule has 0 radical (unpaired) electrons. The van der Waals surface area contributed by atoms with Crippen molar-refractivity contribution in [3.63, 3.8) is 0 Å². The van der Waals surface area contributed by atoms with Gasteiger partial charge in [-0.2, -0.15) is 0 Å². The molecule has 1 fully saturated rings. The number of hydrogen-bond acceptors (Lipinski definition) is 3. The molecule has 1 aliphatic heterocycles. The number of hydrogen-bond donors (Lipinski definition) is 1. The number of halogens is 1. The van der Waals surface area contributed by atoms with E-state index in [1.54, 1.807) is 6.07 Å². The summed E-state index contributed by atoms with van der Waals surface area (Å²) < 4.78 is 0. The van der Waals surface area contributed by atoms with E-state index in [2.05, 4.69) is 5.32 Å². The van der Waals surface area contributed by atoms with E-state index in [0.717, 1.165) is 11.1 Å². The third-order valence-corrected chi connectivity index (χ3v) is 4.10. The molecule has 0 atom stereocenters. The van der Waals surface area contributed by atoms with Crippen LogP contribution in [0.2, 0.25) is 5.02 Å². The van der Waals surface area contributed by atoms with Crippen LogP contribution < -0.4 is 5.32 Å². The lowest BCUT2D eigenvalue weighted by molar-refractivity contribution is -0.130. The maximum Gasteiger partial charge on any atom is 0.244 e. The van der Waals surface area contributed by atoms with Crippen molar-refractivity contribution in [2.45, 2.75) is 13.8 Å². The van der Waals surface area contributed by atoms with E-state index in [4.69, 9.17) is 11.6 Å². The second kappa shape index (κ2) is 5.84. The van der Waals surface area contributed by atoms with Crippen LogP contribution in [0.3, 0.4) is 0 Å². The van der Waals surface area contributed by atoms with Crippen LogP contribution in [0.4, 0.5) is 5.69 Å². The lowest BCUT2D eigenvalue weighted by Crippen LogP contribution is -2.34. The Hall–Kier alpha value is -1.20. The molecule has 0 spiro atoms. The van der Waals surface area contributed by atoms with Gasteiger partial charge in [-0.1, -0.05) is 17.7 Å². The molecule has 0 aromatic heterocycles. The van der Waals surface area contributed by atoms with E-state index in [9.17, 15) is 9.59 Å². The first-order valence-corrected chi connectivity index (χ1v) is 7.43. The highest BCUT2D eigenvalue weighted by Crippen LogP contribution is 2.27. The number of thioether (sulfide) groups is 1. The van der Waals surface area contributed by atoms with Gasteiger partial charge in [0.2, 0.25) is 11.8 Å². The molecule has 0 aliphatic carbocycles. The molecule has 19 heavy (non-hydrogen) atoms. The monoisotopic (exact) mass is 298 g/mol. The van der Waals surface area contributed by atoms with Crippen molar-refractivity contribution < 1.29 is 9.59 Å². The summed E-state index contributed by atoms with van der Waals surface area (Å²) in [5, 5.41) is 3.30. The van der Waals surface area contributed by atoms with E-state index < -0.39 is 0 Å². The zero-order chi connectivity index (χ0) is 14.0. The summed E-state index contributed by atoms with van der Waals surface area (Å²) in [4.78, 5) is 24.9. The second-order valence-electron chi connectivity index (χ2n) is 4.56. The van der Waals surface area contributed by atoms with Crippen molar-refractivity contribution in [3.8, 4) is 0 Å². The minimum absolute atomic E-state index is 0.00637. The van der Waals surface area contributed by atoms with E-state index >= 15 is 0 Å². The number of anilines is 1. The molecule has 2 amide bonds. The first kappa shape index (κ1) is 14.2. The molecule has 1 N–H and O–H groups in total. The van der Waals surface area contributed by atoms with Crippen LogP contribution >= 0.6 is 23.4 Å². The number of nitrogens with zero attached hydrogens (tertiary/aromatic N) is 1. The Bertz CT molecular complexity index is 510. The molecule has 0 unspecified atom stereocenters. The lowest BCUT2D eigenvalue weighted by Gasteiger charge is -2.16. The van der Waals surface area contributed by atoms with Crippen LogP contribution in [-0.2, 0) is 9.59 Å². The molecular formula is C13H15ClN2O2S. The Kier molecular flexibility index (Phi) is 4.37. The average molecular weight is 299 g/mol. The molecule has 4 nitrogen and oxygen atoms in total. The fourth-order valence-electron chi connectivity index (χ4n) is 1.97. The molecule has 1 heterocycles. The van der Waals surface area contributed by atoms with E-state index in [1.807, 2.05) is 19.9 Å². The number of amides is 2. The van der Waals surface area contributed by atoms with E-state index in [-0.39, 0.29) is 18.4 Å². The minimum Gasteiger partial charge on any atom is -0.323 e. The smallest absolute Gasteiger partial charge is 0.244 e. The first-order chi connectivity index (χ1) is 8.97. The van der Waals surface area contributed by atoms with Gasteiger partial charge in [-0.05, 0) is 31.0 Å². The van der Waals surface area contributed by atoms with Crippen LogP contribution in [0.25, 0.3) is 0 Å². The van der Waals surface area contributed by atoms with Crippen LogP contribution in [0, 0.1) is 13.8 Å². The van der Waals surface area contributed by atoms with Crippen LogP contribution in [0.5, 0.6) is 0 Å². The third kappa shape index (κ3) is 3.42. The Morgan fingerprint density at radius 1 is 1.47 bits per heavy atom. The van der Waals surface area contributed by atoms with Gasteiger partial charge in [0.25, 0.3) is 0 Å². The number of rotatable bonds is 3. The second-order valence-corrected chi connectivity index (χ2v) is 5.92. The normalized spacial score (nSPS) is 14.9. The van der Waals surface area contributed by atoms with Gasteiger partial charge >= 0.3 is 0 Å². The number of carbonyl (C=O) groups excluding carboxylic acids is 2. The van der Waals surface area contributed by atoms with Gasteiger partial charge in [0.05, 0.1) is 22.3 Å². The zero-order valence-corrected chi connectivity index (χ0v) is 12.4. The van der Waals surface area contributed by atoms with Crippen LogP contribution in [-0.4, -0.2) is 34.9 Å². The molecule has 2 rings (SSSR count). The summed E-state index contributed by atoms with van der Waals surface area (Å²) in [5.41, 5.74) is 2.59. The summed E-state index contributed by atoms with van der Waals surface area (Å²) in [5.74, 6) is 0.821. The van der Waals surface area contributed by atoms with Gasteiger partial charge in [-0.25, -0.2) is 0 Å². The summed E-state index contributed by atoms with van der Waals surface area (Å²) in [6.45, 7) is 3.92. The predicted molar refractivity (Wildman–Crippen MR) is 78.6 cm³/mol. The summed E-state index contributed by atoms with van der Waals surface area (Å²) in [6.07, 6.45) is 0. The Balaban J connectivity index is 2.05. The Morgan fingerprint density at radius 2 is 2.21 bits per heavy atom. The highest BCUT2D eigenvalue weighted by Gasteiger charge is 2.23. The van der Waals surface area contributed by atoms with E-state index in [0.29, 0.717) is 22.3 Å². The predicted octanol–water partition coefficient (Wildman–Crippen LogP) is 2.43. The highest BCUT2D eigenvalue weighted by atomic mass is 35.5. The lowest BCUT2D eigenvalue weighted by atomic mass is 10.1. The molecule has 1 saturated heterocycles. The quantitative estimate of drug-likeness (QED) is 0.932. The molecule has 1 aromatic rings. The minimum atomic E-state index is -0.218. The van der Waals surface area contributed by atoms with Crippen molar-refractivity contribution in [2.75, 3.05) is 23.5 Å². The van der Waals surface area contributed by atoms with Crippen molar-refractivity contribution in [1.29, 1.82) is 0 Å². The number of carbonyl (C=O) groups is 2.